The Morgan fingerprint density at radius 2 is 2.07 bits per heavy atom. The first kappa shape index (κ1) is 11.5. The smallest absolute Gasteiger partial charge is 0.337 e. The van der Waals surface area contributed by atoms with Crippen LogP contribution >= 0.6 is 11.6 Å². The van der Waals surface area contributed by atoms with Crippen molar-refractivity contribution >= 4 is 23.8 Å². The molecule has 0 spiro atoms. The van der Waals surface area contributed by atoms with E-state index < -0.39 is 0 Å². The van der Waals surface area contributed by atoms with E-state index in [-0.39, 0.29) is 6.03 Å². The lowest BCUT2D eigenvalue weighted by atomic mass is 10.2. The quantitative estimate of drug-likeness (QED) is 0.607. The molecule has 0 aliphatic rings. The lowest BCUT2D eigenvalue weighted by Crippen LogP contribution is -2.30. The van der Waals surface area contributed by atoms with Gasteiger partial charge in [-0.15, -0.1) is 0 Å². The Morgan fingerprint density at radius 3 is 2.60 bits per heavy atom. The maximum atomic E-state index is 11.1. The van der Waals surface area contributed by atoms with Crippen LogP contribution in [-0.2, 0) is 0 Å². The molecule has 0 aromatic heterocycles. The average Bonchev–Trinajstić information content (AvgIpc) is 2.26. The number of carbonyl (C=O) groups is 1. The molecule has 5 heteroatoms. The number of rotatable bonds is 2. The highest BCUT2D eigenvalue weighted by Gasteiger charge is 2.01. The van der Waals surface area contributed by atoms with Gasteiger partial charge in [-0.05, 0) is 17.7 Å². The fourth-order valence-electron chi connectivity index (χ4n) is 0.916. The van der Waals surface area contributed by atoms with Crippen LogP contribution in [0.15, 0.2) is 29.4 Å². The number of nitrogens with zero attached hydrogens (tertiary/aromatic N) is 2. The van der Waals surface area contributed by atoms with E-state index in [1.54, 1.807) is 32.4 Å². The zero-order valence-electron chi connectivity index (χ0n) is 8.57. The molecule has 0 unspecified atom stereocenters. The van der Waals surface area contributed by atoms with Crippen molar-refractivity contribution in [3.63, 3.8) is 0 Å². The fourth-order valence-corrected chi connectivity index (χ4v) is 1.04. The molecule has 15 heavy (non-hydrogen) atoms. The second kappa shape index (κ2) is 5.36. The Morgan fingerprint density at radius 1 is 1.47 bits per heavy atom. The molecular weight excluding hydrogens is 214 g/mol. The van der Waals surface area contributed by atoms with Crippen molar-refractivity contribution in [1.82, 2.24) is 10.3 Å². The summed E-state index contributed by atoms with van der Waals surface area (Å²) in [6.07, 6.45) is 1.59. The van der Waals surface area contributed by atoms with Crippen LogP contribution in [0.1, 0.15) is 5.56 Å². The van der Waals surface area contributed by atoms with E-state index in [0.717, 1.165) is 5.56 Å². The molecule has 0 aliphatic heterocycles. The molecule has 0 atom stereocenters. The minimum Gasteiger partial charge on any atom is -0.340 e. The number of hydrogen-bond acceptors (Lipinski definition) is 2. The maximum absolute atomic E-state index is 11.1. The van der Waals surface area contributed by atoms with Crippen LogP contribution in [-0.4, -0.2) is 31.3 Å². The Hall–Kier alpha value is -1.55. The molecule has 0 saturated carbocycles. The Balaban J connectivity index is 2.65. The van der Waals surface area contributed by atoms with Crippen LogP contribution in [0.2, 0.25) is 5.02 Å². The van der Waals surface area contributed by atoms with Crippen LogP contribution in [0.3, 0.4) is 0 Å². The zero-order chi connectivity index (χ0) is 11.3. The minimum absolute atomic E-state index is 0.264. The normalized spacial score (nSPS) is 10.3. The first-order chi connectivity index (χ1) is 7.13. The van der Waals surface area contributed by atoms with E-state index in [4.69, 9.17) is 11.6 Å². The van der Waals surface area contributed by atoms with Gasteiger partial charge in [0, 0.05) is 19.1 Å². The molecule has 1 N–H and O–H groups in total. The number of urea groups is 1. The van der Waals surface area contributed by atoms with Crippen molar-refractivity contribution in [3.05, 3.63) is 34.9 Å². The largest absolute Gasteiger partial charge is 0.340 e. The molecule has 1 aromatic rings. The van der Waals surface area contributed by atoms with Crippen LogP contribution in [0, 0.1) is 0 Å². The maximum Gasteiger partial charge on any atom is 0.337 e. The molecular formula is C10H12ClN3O. The Bertz CT molecular complexity index is 361. The third kappa shape index (κ3) is 3.59. The van der Waals surface area contributed by atoms with Crippen LogP contribution < -0.4 is 5.32 Å². The highest BCUT2D eigenvalue weighted by atomic mass is 35.5. The Kier molecular flexibility index (Phi) is 4.12. The summed E-state index contributed by atoms with van der Waals surface area (Å²) in [6, 6.07) is 6.92. The number of hydrazone groups is 1. The molecule has 0 fully saturated rings. The van der Waals surface area contributed by atoms with Gasteiger partial charge in [0.15, 0.2) is 0 Å². The van der Waals surface area contributed by atoms with Gasteiger partial charge in [0.25, 0.3) is 0 Å². The van der Waals surface area contributed by atoms with Crippen molar-refractivity contribution in [1.29, 1.82) is 0 Å². The molecule has 1 rings (SSSR count). The van der Waals surface area contributed by atoms with E-state index >= 15 is 0 Å². The van der Waals surface area contributed by atoms with Crippen molar-refractivity contribution in [2.75, 3.05) is 14.1 Å². The molecule has 1 aromatic carbocycles. The molecule has 0 radical (unpaired) electrons. The minimum atomic E-state index is -0.264. The summed E-state index contributed by atoms with van der Waals surface area (Å²) in [5, 5.41) is 8.30. The summed E-state index contributed by atoms with van der Waals surface area (Å²) in [4.78, 5) is 11.1. The highest BCUT2D eigenvalue weighted by Crippen LogP contribution is 2.07. The third-order valence-electron chi connectivity index (χ3n) is 1.76. The van der Waals surface area contributed by atoms with Gasteiger partial charge >= 0.3 is 6.03 Å². The molecule has 0 aliphatic carbocycles. The van der Waals surface area contributed by atoms with Gasteiger partial charge < -0.3 is 5.32 Å². The predicted molar refractivity (Wildman–Crippen MR) is 61.3 cm³/mol. The van der Waals surface area contributed by atoms with Crippen molar-refractivity contribution in [2.45, 2.75) is 0 Å². The molecule has 80 valence electrons. The average molecular weight is 226 g/mol. The van der Waals surface area contributed by atoms with Crippen molar-refractivity contribution in [3.8, 4) is 0 Å². The van der Waals surface area contributed by atoms with Crippen molar-refractivity contribution in [2.24, 2.45) is 5.10 Å². The predicted octanol–water partition coefficient (Wildman–Crippen LogP) is 1.95. The monoisotopic (exact) mass is 225 g/mol. The number of halogens is 1. The van der Waals surface area contributed by atoms with Gasteiger partial charge in [-0.1, -0.05) is 23.7 Å². The van der Waals surface area contributed by atoms with E-state index in [0.29, 0.717) is 5.02 Å². The third-order valence-corrected chi connectivity index (χ3v) is 2.01. The summed E-state index contributed by atoms with van der Waals surface area (Å²) in [5.74, 6) is 0. The summed E-state index contributed by atoms with van der Waals surface area (Å²) in [6.45, 7) is 0. The second-order valence-corrected chi connectivity index (χ2v) is 3.31. The summed E-state index contributed by atoms with van der Waals surface area (Å²) < 4.78 is 0. The second-order valence-electron chi connectivity index (χ2n) is 2.87. The molecule has 0 heterocycles. The lowest BCUT2D eigenvalue weighted by molar-refractivity contribution is 0.213. The SMILES string of the molecule is CNC(=O)N(C)/N=C/c1ccc(Cl)cc1. The van der Waals surface area contributed by atoms with Gasteiger partial charge in [-0.25, -0.2) is 9.80 Å². The van der Waals surface area contributed by atoms with Gasteiger partial charge in [-0.3, -0.25) is 0 Å². The number of amides is 2. The molecule has 0 bridgehead atoms. The number of benzene rings is 1. The van der Waals surface area contributed by atoms with E-state index in [1.807, 2.05) is 12.1 Å². The highest BCUT2D eigenvalue weighted by molar-refractivity contribution is 6.30. The van der Waals surface area contributed by atoms with Gasteiger partial charge in [0.2, 0.25) is 0 Å². The fraction of sp³-hybridized carbons (Fsp3) is 0.200. The summed E-state index contributed by atoms with van der Waals surface area (Å²) in [7, 11) is 3.13. The Labute approximate surface area is 93.5 Å². The van der Waals surface area contributed by atoms with E-state index in [9.17, 15) is 4.79 Å². The van der Waals surface area contributed by atoms with Gasteiger partial charge in [0.1, 0.15) is 0 Å². The first-order valence-electron chi connectivity index (χ1n) is 4.38. The van der Waals surface area contributed by atoms with Gasteiger partial charge in [0.05, 0.1) is 6.21 Å². The molecule has 4 nitrogen and oxygen atoms in total. The standard InChI is InChI=1S/C10H12ClN3O/c1-12-10(15)14(2)13-7-8-3-5-9(11)6-4-8/h3-7H,1-2H3,(H,12,15)/b13-7+. The number of nitrogens with one attached hydrogen (secondary N) is 1. The summed E-state index contributed by atoms with van der Waals surface area (Å²) in [5.41, 5.74) is 0.884. The van der Waals surface area contributed by atoms with E-state index in [1.165, 1.54) is 5.01 Å². The topological polar surface area (TPSA) is 44.7 Å². The first-order valence-corrected chi connectivity index (χ1v) is 4.76. The van der Waals surface area contributed by atoms with E-state index in [2.05, 4.69) is 10.4 Å². The van der Waals surface area contributed by atoms with Crippen LogP contribution in [0.5, 0.6) is 0 Å². The summed E-state index contributed by atoms with van der Waals surface area (Å²) >= 11 is 5.73. The van der Waals surface area contributed by atoms with Crippen LogP contribution in [0.4, 0.5) is 4.79 Å². The number of carbonyl (C=O) groups excluding carboxylic acids is 1. The van der Waals surface area contributed by atoms with Crippen molar-refractivity contribution < 1.29 is 4.79 Å². The lowest BCUT2D eigenvalue weighted by Gasteiger charge is -2.08. The number of hydrogen-bond donors (Lipinski definition) is 1. The molecule has 2 amide bonds. The van der Waals surface area contributed by atoms with Gasteiger partial charge in [-0.2, -0.15) is 5.10 Å². The van der Waals surface area contributed by atoms with Crippen LogP contribution in [0.25, 0.3) is 0 Å². The zero-order valence-corrected chi connectivity index (χ0v) is 9.32. The molecule has 0 saturated heterocycles.